The Balaban J connectivity index is 1.54. The molecule has 1 aromatic heterocycles. The van der Waals surface area contributed by atoms with Crippen LogP contribution in [0, 0.1) is 13.8 Å². The average molecular weight is 400 g/mol. The van der Waals surface area contributed by atoms with Crippen LogP contribution in [0.15, 0.2) is 60.7 Å². The summed E-state index contributed by atoms with van der Waals surface area (Å²) in [6, 6.07) is 20.2. The van der Waals surface area contributed by atoms with Gasteiger partial charge < -0.3 is 5.32 Å². The number of thioether (sulfide) groups is 1. The summed E-state index contributed by atoms with van der Waals surface area (Å²) in [4.78, 5) is 13.1. The van der Waals surface area contributed by atoms with E-state index in [4.69, 9.17) is 5.10 Å². The van der Waals surface area contributed by atoms with E-state index in [1.165, 1.54) is 11.1 Å². The minimum absolute atomic E-state index is 0.111. The summed E-state index contributed by atoms with van der Waals surface area (Å²) >= 11 is 1.83. The van der Waals surface area contributed by atoms with Gasteiger partial charge in [-0.25, -0.2) is 4.68 Å². The molecule has 144 valence electrons. The van der Waals surface area contributed by atoms with Crippen molar-refractivity contribution in [2.24, 2.45) is 0 Å². The molecule has 5 rings (SSSR count). The molecule has 0 radical (unpaired) electrons. The van der Waals surface area contributed by atoms with Gasteiger partial charge in [-0.2, -0.15) is 16.9 Å². The maximum atomic E-state index is 13.1. The molecule has 1 aliphatic rings. The van der Waals surface area contributed by atoms with Crippen LogP contribution in [-0.2, 0) is 11.5 Å². The quantitative estimate of drug-likeness (QED) is 0.485. The SMILES string of the molecule is Cc1ccc(-n2nc3c(c2NC(=O)c2ccc4ccccc4c2)CSC3)cc1C. The molecule has 1 N–H and O–H groups in total. The fourth-order valence-electron chi connectivity index (χ4n) is 3.70. The molecule has 1 amide bonds. The Bertz CT molecular complexity index is 1260. The van der Waals surface area contributed by atoms with E-state index >= 15 is 0 Å². The first-order valence-corrected chi connectivity index (χ1v) is 10.8. The van der Waals surface area contributed by atoms with Crippen molar-refractivity contribution >= 4 is 34.3 Å². The lowest BCUT2D eigenvalue weighted by Crippen LogP contribution is -2.16. The van der Waals surface area contributed by atoms with Gasteiger partial charge in [0.15, 0.2) is 0 Å². The van der Waals surface area contributed by atoms with E-state index in [1.54, 1.807) is 0 Å². The van der Waals surface area contributed by atoms with Crippen molar-refractivity contribution in [3.8, 4) is 5.69 Å². The molecule has 0 fully saturated rings. The third-order valence-electron chi connectivity index (χ3n) is 5.53. The highest BCUT2D eigenvalue weighted by Crippen LogP contribution is 2.36. The van der Waals surface area contributed by atoms with Crippen LogP contribution in [0.1, 0.15) is 32.7 Å². The van der Waals surface area contributed by atoms with Crippen molar-refractivity contribution in [3.05, 3.63) is 88.6 Å². The molecule has 5 heteroatoms. The Kier molecular flexibility index (Phi) is 4.40. The number of aromatic nitrogens is 2. The van der Waals surface area contributed by atoms with Crippen molar-refractivity contribution < 1.29 is 4.79 Å². The molecule has 1 aliphatic heterocycles. The van der Waals surface area contributed by atoms with Gasteiger partial charge in [-0.3, -0.25) is 4.79 Å². The van der Waals surface area contributed by atoms with Crippen LogP contribution in [-0.4, -0.2) is 15.7 Å². The summed E-state index contributed by atoms with van der Waals surface area (Å²) < 4.78 is 1.88. The first kappa shape index (κ1) is 18.0. The van der Waals surface area contributed by atoms with Crippen molar-refractivity contribution in [2.45, 2.75) is 25.4 Å². The zero-order chi connectivity index (χ0) is 20.0. The molecule has 0 unspecified atom stereocenters. The number of fused-ring (bicyclic) bond motifs is 2. The Labute approximate surface area is 173 Å². The normalized spacial score (nSPS) is 12.9. The molecule has 2 heterocycles. The van der Waals surface area contributed by atoms with Gasteiger partial charge in [0.05, 0.1) is 11.4 Å². The van der Waals surface area contributed by atoms with Crippen molar-refractivity contribution in [1.29, 1.82) is 0 Å². The smallest absolute Gasteiger partial charge is 0.256 e. The molecule has 0 spiro atoms. The Hall–Kier alpha value is -3.05. The number of benzene rings is 3. The van der Waals surface area contributed by atoms with E-state index in [0.717, 1.165) is 45.0 Å². The predicted octanol–water partition coefficient (Wildman–Crippen LogP) is 5.64. The van der Waals surface area contributed by atoms with E-state index in [2.05, 4.69) is 43.4 Å². The number of hydrogen-bond donors (Lipinski definition) is 1. The summed E-state index contributed by atoms with van der Waals surface area (Å²) in [6.07, 6.45) is 0. The number of hydrogen-bond acceptors (Lipinski definition) is 3. The van der Waals surface area contributed by atoms with Crippen LogP contribution in [0.5, 0.6) is 0 Å². The van der Waals surface area contributed by atoms with Crippen molar-refractivity contribution in [2.75, 3.05) is 5.32 Å². The van der Waals surface area contributed by atoms with Crippen LogP contribution in [0.4, 0.5) is 5.82 Å². The summed E-state index contributed by atoms with van der Waals surface area (Å²) in [7, 11) is 0. The van der Waals surface area contributed by atoms with Gasteiger partial charge in [0.25, 0.3) is 5.91 Å². The lowest BCUT2D eigenvalue weighted by molar-refractivity contribution is 0.102. The third-order valence-corrected chi connectivity index (χ3v) is 6.50. The molecular weight excluding hydrogens is 378 g/mol. The standard InChI is InChI=1S/C24H21N3OS/c1-15-7-10-20(11-16(15)2)27-23(21-13-29-14-22(21)26-27)25-24(28)19-9-8-17-5-3-4-6-18(17)12-19/h3-12H,13-14H2,1-2H3,(H,25,28). The summed E-state index contributed by atoms with van der Waals surface area (Å²) in [5.41, 5.74) is 6.26. The first-order valence-electron chi connectivity index (χ1n) is 9.66. The van der Waals surface area contributed by atoms with E-state index in [1.807, 2.05) is 52.8 Å². The number of amides is 1. The maximum Gasteiger partial charge on any atom is 0.256 e. The molecular formula is C24H21N3OS. The molecule has 0 aliphatic carbocycles. The predicted molar refractivity (Wildman–Crippen MR) is 120 cm³/mol. The fraction of sp³-hybridized carbons (Fsp3) is 0.167. The van der Waals surface area contributed by atoms with Gasteiger partial charge in [-0.1, -0.05) is 36.4 Å². The van der Waals surface area contributed by atoms with Gasteiger partial charge >= 0.3 is 0 Å². The van der Waals surface area contributed by atoms with Crippen LogP contribution in [0.3, 0.4) is 0 Å². The highest BCUT2D eigenvalue weighted by Gasteiger charge is 2.25. The molecule has 0 saturated heterocycles. The second kappa shape index (κ2) is 7.08. The largest absolute Gasteiger partial charge is 0.306 e. The van der Waals surface area contributed by atoms with Gasteiger partial charge in [0.1, 0.15) is 5.82 Å². The monoisotopic (exact) mass is 399 g/mol. The van der Waals surface area contributed by atoms with Crippen LogP contribution in [0.25, 0.3) is 16.5 Å². The minimum Gasteiger partial charge on any atom is -0.306 e. The number of aryl methyl sites for hydroxylation is 2. The summed E-state index contributed by atoms with van der Waals surface area (Å²) in [6.45, 7) is 4.19. The van der Waals surface area contributed by atoms with E-state index in [9.17, 15) is 4.79 Å². The van der Waals surface area contributed by atoms with Gasteiger partial charge in [-0.15, -0.1) is 0 Å². The zero-order valence-corrected chi connectivity index (χ0v) is 17.2. The van der Waals surface area contributed by atoms with Crippen LogP contribution < -0.4 is 5.32 Å². The summed E-state index contributed by atoms with van der Waals surface area (Å²) in [5, 5.41) is 10.1. The van der Waals surface area contributed by atoms with E-state index in [0.29, 0.717) is 5.56 Å². The lowest BCUT2D eigenvalue weighted by Gasteiger charge is -2.13. The third kappa shape index (κ3) is 3.21. The van der Waals surface area contributed by atoms with Crippen LogP contribution >= 0.6 is 11.8 Å². The number of nitrogens with one attached hydrogen (secondary N) is 1. The summed E-state index contributed by atoms with van der Waals surface area (Å²) in [5.74, 6) is 2.42. The van der Waals surface area contributed by atoms with Crippen molar-refractivity contribution in [3.63, 3.8) is 0 Å². The Morgan fingerprint density at radius 2 is 1.79 bits per heavy atom. The lowest BCUT2D eigenvalue weighted by atomic mass is 10.1. The minimum atomic E-state index is -0.111. The first-order chi connectivity index (χ1) is 14.1. The van der Waals surface area contributed by atoms with E-state index in [-0.39, 0.29) is 5.91 Å². The molecule has 0 bridgehead atoms. The van der Waals surface area contributed by atoms with Gasteiger partial charge in [0, 0.05) is 22.6 Å². The fourth-order valence-corrected chi connectivity index (χ4v) is 4.73. The Morgan fingerprint density at radius 3 is 2.62 bits per heavy atom. The molecule has 3 aromatic carbocycles. The number of anilines is 1. The number of nitrogens with zero attached hydrogens (tertiary/aromatic N) is 2. The molecule has 0 saturated carbocycles. The van der Waals surface area contributed by atoms with Gasteiger partial charge in [0.2, 0.25) is 0 Å². The van der Waals surface area contributed by atoms with E-state index < -0.39 is 0 Å². The zero-order valence-electron chi connectivity index (χ0n) is 16.4. The highest BCUT2D eigenvalue weighted by atomic mass is 32.2. The average Bonchev–Trinajstić information content (AvgIpc) is 3.32. The topological polar surface area (TPSA) is 46.9 Å². The Morgan fingerprint density at radius 1 is 0.966 bits per heavy atom. The van der Waals surface area contributed by atoms with Crippen LogP contribution in [0.2, 0.25) is 0 Å². The second-order valence-electron chi connectivity index (χ2n) is 7.46. The molecule has 29 heavy (non-hydrogen) atoms. The number of rotatable bonds is 3. The molecule has 4 aromatic rings. The number of carbonyl (C=O) groups excluding carboxylic acids is 1. The van der Waals surface area contributed by atoms with Gasteiger partial charge in [-0.05, 0) is 60.0 Å². The number of carbonyl (C=O) groups is 1. The second-order valence-corrected chi connectivity index (χ2v) is 8.45. The molecule has 0 atom stereocenters. The maximum absolute atomic E-state index is 13.1. The highest BCUT2D eigenvalue weighted by molar-refractivity contribution is 7.98. The van der Waals surface area contributed by atoms with Crippen molar-refractivity contribution in [1.82, 2.24) is 9.78 Å². The molecule has 4 nitrogen and oxygen atoms in total.